The van der Waals surface area contributed by atoms with E-state index in [-0.39, 0.29) is 42.2 Å². The highest BCUT2D eigenvalue weighted by molar-refractivity contribution is 6.33. The van der Waals surface area contributed by atoms with E-state index in [4.69, 9.17) is 17.3 Å². The predicted octanol–water partition coefficient (Wildman–Crippen LogP) is 3.82. The molecule has 0 saturated carbocycles. The van der Waals surface area contributed by atoms with E-state index in [1.807, 2.05) is 37.3 Å². The molecule has 5 rings (SSSR count). The third-order valence-corrected chi connectivity index (χ3v) is 9.15. The molecule has 0 fully saturated rings. The van der Waals surface area contributed by atoms with Crippen molar-refractivity contribution in [3.05, 3.63) is 86.3 Å². The van der Waals surface area contributed by atoms with Crippen molar-refractivity contribution in [2.24, 2.45) is 17.6 Å². The van der Waals surface area contributed by atoms with Crippen LogP contribution in [0.25, 0.3) is 0 Å². The third-order valence-electron chi connectivity index (χ3n) is 8.68. The van der Waals surface area contributed by atoms with Gasteiger partial charge in [0.25, 0.3) is 5.91 Å². The molecule has 0 bridgehead atoms. The molecule has 0 aromatic heterocycles. The summed E-state index contributed by atoms with van der Waals surface area (Å²) in [4.78, 5) is 40.8. The smallest absolute Gasteiger partial charge is 0.255 e. The fourth-order valence-corrected chi connectivity index (χ4v) is 6.81. The Morgan fingerprint density at radius 1 is 1.18 bits per heavy atom. The fourth-order valence-electron chi connectivity index (χ4n) is 6.52. The van der Waals surface area contributed by atoms with E-state index in [0.29, 0.717) is 29.2 Å². The number of carbonyl (C=O) groups is 3. The number of carbonyl (C=O) groups excluding carboxylic acids is 3. The Morgan fingerprint density at radius 3 is 2.48 bits per heavy atom. The Kier molecular flexibility index (Phi) is 7.02. The maximum Gasteiger partial charge on any atom is 0.255 e. The highest BCUT2D eigenvalue weighted by Crippen LogP contribution is 2.52. The fraction of sp³-hybridized carbons (Fsp3) is 0.367. The van der Waals surface area contributed by atoms with Gasteiger partial charge in [-0.3, -0.25) is 19.3 Å². The molecule has 0 aliphatic heterocycles. The summed E-state index contributed by atoms with van der Waals surface area (Å²) in [6, 6.07) is 11.5. The zero-order chi connectivity index (χ0) is 29.1. The first-order valence-corrected chi connectivity index (χ1v) is 13.6. The van der Waals surface area contributed by atoms with Crippen molar-refractivity contribution in [2.45, 2.75) is 51.3 Å². The number of hydrogen-bond acceptors (Lipinski definition) is 8. The van der Waals surface area contributed by atoms with Crippen LogP contribution in [0.4, 0.5) is 0 Å². The SMILES string of the molecule is CCN(Cc1cc(O)c2c(c1Cl)CC1C[C@H]3CC(O)=C(C(N)=O)C(=O)[C@@]3(O)C(O)=C1C2=O)C(C)c1ccccc1. The zero-order valence-corrected chi connectivity index (χ0v) is 22.9. The number of Topliss-reactive ketones (excluding diaryl/α,β-unsaturated/α-hetero) is 2. The normalized spacial score (nSPS) is 25.0. The average molecular weight is 567 g/mol. The quantitative estimate of drug-likeness (QED) is 0.330. The van der Waals surface area contributed by atoms with Crippen molar-refractivity contribution in [3.8, 4) is 5.75 Å². The molecule has 2 unspecified atom stereocenters. The average Bonchev–Trinajstić information content (AvgIpc) is 2.91. The number of halogens is 1. The molecule has 3 aliphatic carbocycles. The van der Waals surface area contributed by atoms with Gasteiger partial charge in [-0.1, -0.05) is 48.9 Å². The second kappa shape index (κ2) is 10.1. The maximum atomic E-state index is 13.7. The van der Waals surface area contributed by atoms with Crippen LogP contribution < -0.4 is 5.73 Å². The molecule has 6 N–H and O–H groups in total. The van der Waals surface area contributed by atoms with Crippen LogP contribution in [0.1, 0.15) is 59.8 Å². The van der Waals surface area contributed by atoms with Crippen molar-refractivity contribution in [2.75, 3.05) is 6.54 Å². The lowest BCUT2D eigenvalue weighted by atomic mass is 9.60. The van der Waals surface area contributed by atoms with Crippen LogP contribution in [-0.2, 0) is 22.6 Å². The van der Waals surface area contributed by atoms with Gasteiger partial charge in [-0.15, -0.1) is 0 Å². The van der Waals surface area contributed by atoms with E-state index in [9.17, 15) is 34.8 Å². The second-order valence-corrected chi connectivity index (χ2v) is 11.2. The van der Waals surface area contributed by atoms with Gasteiger partial charge in [-0.05, 0) is 55.0 Å². The number of amides is 1. The van der Waals surface area contributed by atoms with Crippen molar-refractivity contribution < 1.29 is 34.8 Å². The standard InChI is InChI=1S/C30H31ClN2O7/c1-3-33(14(2)15-7-5-4-6-8-15)13-17-11-20(34)23-19(25(17)31)10-16-9-18-12-21(35)24(29(32)39)28(38)30(18,40)27(37)22(16)26(23)36/h4-8,11,14,16,18,34-35,37,40H,3,9-10,12-13H2,1-2H3,(H2,32,39)/t14?,16?,18-,30-/m0/s1. The first kappa shape index (κ1) is 27.9. The summed E-state index contributed by atoms with van der Waals surface area (Å²) in [5, 5.41) is 44.2. The van der Waals surface area contributed by atoms with Crippen LogP contribution in [0.2, 0.25) is 5.02 Å². The predicted molar refractivity (Wildman–Crippen MR) is 147 cm³/mol. The van der Waals surface area contributed by atoms with Gasteiger partial charge >= 0.3 is 0 Å². The molecule has 1 amide bonds. The van der Waals surface area contributed by atoms with E-state index in [1.54, 1.807) is 0 Å². The number of nitrogens with zero attached hydrogens (tertiary/aromatic N) is 1. The summed E-state index contributed by atoms with van der Waals surface area (Å²) in [5.74, 6) is -6.64. The monoisotopic (exact) mass is 566 g/mol. The zero-order valence-electron chi connectivity index (χ0n) is 22.1. The minimum absolute atomic E-state index is 0.0519. The Bertz CT molecular complexity index is 1500. The topological polar surface area (TPSA) is 161 Å². The molecule has 3 aliphatic rings. The molecular formula is C30H31ClN2O7. The summed E-state index contributed by atoms with van der Waals surface area (Å²) in [6.07, 6.45) is -0.0669. The molecule has 10 heteroatoms. The number of rotatable bonds is 6. The molecule has 2 aromatic rings. The lowest BCUT2D eigenvalue weighted by molar-refractivity contribution is -0.144. The molecule has 40 heavy (non-hydrogen) atoms. The number of aliphatic hydroxyl groups is 3. The molecule has 0 heterocycles. The largest absolute Gasteiger partial charge is 0.511 e. The minimum Gasteiger partial charge on any atom is -0.511 e. The number of phenols is 1. The number of aromatic hydroxyl groups is 1. The van der Waals surface area contributed by atoms with Gasteiger partial charge in [0.2, 0.25) is 5.78 Å². The van der Waals surface area contributed by atoms with E-state index >= 15 is 0 Å². The Balaban J connectivity index is 1.54. The molecular weight excluding hydrogens is 536 g/mol. The van der Waals surface area contributed by atoms with E-state index in [1.165, 1.54) is 6.07 Å². The molecule has 4 atom stereocenters. The lowest BCUT2D eigenvalue weighted by Gasteiger charge is -2.45. The van der Waals surface area contributed by atoms with Gasteiger partial charge in [0.05, 0.1) is 5.56 Å². The van der Waals surface area contributed by atoms with Crippen LogP contribution in [0.3, 0.4) is 0 Å². The highest BCUT2D eigenvalue weighted by Gasteiger charge is 2.59. The van der Waals surface area contributed by atoms with Crippen LogP contribution in [-0.4, -0.2) is 54.9 Å². The van der Waals surface area contributed by atoms with Crippen molar-refractivity contribution in [3.63, 3.8) is 0 Å². The van der Waals surface area contributed by atoms with Gasteiger partial charge in [0.1, 0.15) is 22.8 Å². The molecule has 210 valence electrons. The van der Waals surface area contributed by atoms with Crippen LogP contribution >= 0.6 is 11.6 Å². The number of primary amides is 1. The summed E-state index contributed by atoms with van der Waals surface area (Å²) in [7, 11) is 0. The van der Waals surface area contributed by atoms with Gasteiger partial charge in [-0.25, -0.2) is 0 Å². The maximum absolute atomic E-state index is 13.7. The molecule has 0 radical (unpaired) electrons. The minimum atomic E-state index is -2.59. The van der Waals surface area contributed by atoms with Gasteiger partial charge in [0.15, 0.2) is 11.4 Å². The van der Waals surface area contributed by atoms with E-state index in [0.717, 1.165) is 5.56 Å². The number of hydrogen-bond donors (Lipinski definition) is 5. The summed E-state index contributed by atoms with van der Waals surface area (Å²) in [5.41, 5.74) is 3.73. The van der Waals surface area contributed by atoms with Crippen LogP contribution in [0.15, 0.2) is 59.1 Å². The van der Waals surface area contributed by atoms with Crippen LogP contribution in [0.5, 0.6) is 5.75 Å². The summed E-state index contributed by atoms with van der Waals surface area (Å²) in [6.45, 7) is 5.21. The highest BCUT2D eigenvalue weighted by atomic mass is 35.5. The third kappa shape index (κ3) is 4.11. The molecule has 2 aromatic carbocycles. The summed E-state index contributed by atoms with van der Waals surface area (Å²) >= 11 is 6.88. The number of allylic oxidation sites excluding steroid dienone is 2. The number of benzene rings is 2. The molecule has 9 nitrogen and oxygen atoms in total. The number of aliphatic hydroxyl groups excluding tert-OH is 2. The Labute approximate surface area is 236 Å². The number of nitrogens with two attached hydrogens (primary N) is 1. The molecule has 0 saturated heterocycles. The second-order valence-electron chi connectivity index (χ2n) is 10.8. The Morgan fingerprint density at radius 2 is 1.85 bits per heavy atom. The number of ketones is 2. The van der Waals surface area contributed by atoms with E-state index < -0.39 is 52.0 Å². The van der Waals surface area contributed by atoms with Gasteiger partial charge < -0.3 is 26.2 Å². The van der Waals surface area contributed by atoms with Crippen LogP contribution in [0, 0.1) is 11.8 Å². The van der Waals surface area contributed by atoms with Crippen molar-refractivity contribution in [1.29, 1.82) is 0 Å². The number of phenolic OH excluding ortho intramolecular Hbond substituents is 1. The lowest BCUT2D eigenvalue weighted by Crippen LogP contribution is -2.57. The van der Waals surface area contributed by atoms with Crippen molar-refractivity contribution in [1.82, 2.24) is 4.90 Å². The molecule has 0 spiro atoms. The van der Waals surface area contributed by atoms with Gasteiger partial charge in [0, 0.05) is 35.5 Å². The Hall–Kier alpha value is -3.66. The first-order chi connectivity index (χ1) is 18.9. The first-order valence-electron chi connectivity index (χ1n) is 13.2. The van der Waals surface area contributed by atoms with E-state index in [2.05, 4.69) is 11.8 Å². The number of fused-ring (bicyclic) bond motifs is 3. The van der Waals surface area contributed by atoms with Gasteiger partial charge in [-0.2, -0.15) is 0 Å². The van der Waals surface area contributed by atoms with Crippen molar-refractivity contribution >= 4 is 29.1 Å². The summed E-state index contributed by atoms with van der Waals surface area (Å²) < 4.78 is 0.